The summed E-state index contributed by atoms with van der Waals surface area (Å²) in [7, 11) is 0. The first kappa shape index (κ1) is 20.3. The number of benzene rings is 2. The first-order valence-corrected chi connectivity index (χ1v) is 9.91. The van der Waals surface area contributed by atoms with Crippen molar-refractivity contribution >= 4 is 22.3 Å². The molecule has 158 valence electrons. The van der Waals surface area contributed by atoms with Gasteiger partial charge in [0.15, 0.2) is 16.8 Å². The molecule has 2 aromatic carbocycles. The van der Waals surface area contributed by atoms with Crippen LogP contribution in [0, 0.1) is 17.5 Å². The molecule has 30 heavy (non-hydrogen) atoms. The number of anilines is 2. The molecule has 0 bridgehead atoms. The fraction of sp³-hybridized carbons (Fsp3) is 0.318. The van der Waals surface area contributed by atoms with Crippen LogP contribution in [0.15, 0.2) is 39.5 Å². The number of nitrogens with two attached hydrogens (primary N) is 1. The maximum Gasteiger partial charge on any atom is 0.195 e. The predicted molar refractivity (Wildman–Crippen MR) is 111 cm³/mol. The maximum atomic E-state index is 14.5. The fourth-order valence-electron chi connectivity index (χ4n) is 3.78. The highest BCUT2D eigenvalue weighted by molar-refractivity contribution is 5.91. The number of nitrogens with one attached hydrogen (secondary N) is 1. The molecule has 2 heterocycles. The van der Waals surface area contributed by atoms with E-state index in [-0.39, 0.29) is 33.7 Å². The summed E-state index contributed by atoms with van der Waals surface area (Å²) in [4.78, 5) is 15.1. The Labute approximate surface area is 171 Å². The Morgan fingerprint density at radius 3 is 2.53 bits per heavy atom. The van der Waals surface area contributed by atoms with Gasteiger partial charge in [-0.25, -0.2) is 13.2 Å². The van der Waals surface area contributed by atoms with Gasteiger partial charge in [-0.1, -0.05) is 0 Å². The topological polar surface area (TPSA) is 71.5 Å². The van der Waals surface area contributed by atoms with E-state index in [2.05, 4.69) is 10.2 Å². The van der Waals surface area contributed by atoms with Crippen molar-refractivity contribution in [3.05, 3.63) is 58.0 Å². The van der Waals surface area contributed by atoms with E-state index >= 15 is 0 Å². The van der Waals surface area contributed by atoms with Gasteiger partial charge in [0.05, 0.1) is 16.8 Å². The van der Waals surface area contributed by atoms with Gasteiger partial charge < -0.3 is 20.4 Å². The average molecular weight is 417 g/mol. The zero-order chi connectivity index (χ0) is 21.3. The van der Waals surface area contributed by atoms with Gasteiger partial charge in [0.25, 0.3) is 0 Å². The summed E-state index contributed by atoms with van der Waals surface area (Å²) in [6.07, 6.45) is 3.13. The minimum Gasteiger partial charge on any atom is -0.453 e. The molecule has 0 unspecified atom stereocenters. The molecule has 0 amide bonds. The molecule has 0 saturated carbocycles. The monoisotopic (exact) mass is 417 g/mol. The first-order valence-electron chi connectivity index (χ1n) is 9.91. The highest BCUT2D eigenvalue weighted by atomic mass is 19.1. The van der Waals surface area contributed by atoms with Gasteiger partial charge in [0.1, 0.15) is 17.4 Å². The van der Waals surface area contributed by atoms with Crippen LogP contribution in [0.2, 0.25) is 0 Å². The molecule has 0 radical (unpaired) electrons. The van der Waals surface area contributed by atoms with E-state index < -0.39 is 22.9 Å². The standard InChI is InChI=1S/C22H22F3N3O2/c23-14-10-13(4-5-17(14)26)19-12-18(29)20-21(15(24)11-16(25)22(20)30-19)27-6-3-9-28-7-1-2-8-28/h4-5,10-12,27H,1-3,6-9,26H2. The third kappa shape index (κ3) is 4.00. The van der Waals surface area contributed by atoms with Crippen LogP contribution in [0.4, 0.5) is 24.5 Å². The summed E-state index contributed by atoms with van der Waals surface area (Å²) in [6.45, 7) is 3.42. The number of halogens is 3. The lowest BCUT2D eigenvalue weighted by Crippen LogP contribution is -2.22. The molecule has 0 spiro atoms. The van der Waals surface area contributed by atoms with Gasteiger partial charge in [-0.05, 0) is 57.1 Å². The Bertz CT molecular complexity index is 1140. The van der Waals surface area contributed by atoms with Crippen LogP contribution in [0.25, 0.3) is 22.3 Å². The summed E-state index contributed by atoms with van der Waals surface area (Å²) < 4.78 is 48.2. The molecule has 4 rings (SSSR count). The minimum absolute atomic E-state index is 0.0307. The summed E-state index contributed by atoms with van der Waals surface area (Å²) in [5.41, 5.74) is 4.55. The number of nitrogen functional groups attached to an aromatic ring is 1. The number of likely N-dealkylation sites (tertiary alicyclic amines) is 1. The molecule has 8 heteroatoms. The van der Waals surface area contributed by atoms with Crippen LogP contribution in [0.3, 0.4) is 0 Å². The van der Waals surface area contributed by atoms with Gasteiger partial charge in [0.2, 0.25) is 0 Å². The highest BCUT2D eigenvalue weighted by Crippen LogP contribution is 2.31. The summed E-state index contributed by atoms with van der Waals surface area (Å²) >= 11 is 0. The van der Waals surface area contributed by atoms with Crippen molar-refractivity contribution in [3.63, 3.8) is 0 Å². The Hall–Kier alpha value is -3.00. The quantitative estimate of drug-likeness (QED) is 0.461. The summed E-state index contributed by atoms with van der Waals surface area (Å²) in [6, 6.07) is 5.66. The third-order valence-corrected chi connectivity index (χ3v) is 5.34. The predicted octanol–water partition coefficient (Wildman–Crippen LogP) is 4.36. The van der Waals surface area contributed by atoms with Crippen LogP contribution < -0.4 is 16.5 Å². The number of rotatable bonds is 6. The Morgan fingerprint density at radius 2 is 1.80 bits per heavy atom. The van der Waals surface area contributed by atoms with Crippen LogP contribution in [-0.4, -0.2) is 31.1 Å². The molecule has 1 saturated heterocycles. The second-order valence-corrected chi connectivity index (χ2v) is 7.46. The van der Waals surface area contributed by atoms with Crippen molar-refractivity contribution in [1.29, 1.82) is 0 Å². The van der Waals surface area contributed by atoms with Gasteiger partial charge >= 0.3 is 0 Å². The molecule has 0 aliphatic carbocycles. The van der Waals surface area contributed by atoms with Gasteiger partial charge in [-0.15, -0.1) is 0 Å². The highest BCUT2D eigenvalue weighted by Gasteiger charge is 2.19. The molecule has 1 aromatic heterocycles. The van der Waals surface area contributed by atoms with Crippen LogP contribution in [-0.2, 0) is 0 Å². The fourth-order valence-corrected chi connectivity index (χ4v) is 3.78. The number of fused-ring (bicyclic) bond motifs is 1. The molecule has 5 nitrogen and oxygen atoms in total. The summed E-state index contributed by atoms with van der Waals surface area (Å²) in [5.74, 6) is -2.58. The van der Waals surface area contributed by atoms with Crippen molar-refractivity contribution in [1.82, 2.24) is 4.90 Å². The zero-order valence-corrected chi connectivity index (χ0v) is 16.3. The van der Waals surface area contributed by atoms with Crippen molar-refractivity contribution in [3.8, 4) is 11.3 Å². The van der Waals surface area contributed by atoms with E-state index in [1.807, 2.05) is 0 Å². The van der Waals surface area contributed by atoms with E-state index in [1.54, 1.807) is 0 Å². The van der Waals surface area contributed by atoms with Crippen molar-refractivity contribution in [2.24, 2.45) is 0 Å². The van der Waals surface area contributed by atoms with Crippen molar-refractivity contribution < 1.29 is 17.6 Å². The maximum absolute atomic E-state index is 14.5. The van der Waals surface area contributed by atoms with E-state index in [4.69, 9.17) is 10.2 Å². The largest absolute Gasteiger partial charge is 0.453 e. The summed E-state index contributed by atoms with van der Waals surface area (Å²) in [5, 5.41) is 2.72. The van der Waals surface area contributed by atoms with Gasteiger partial charge in [-0.2, -0.15) is 0 Å². The zero-order valence-electron chi connectivity index (χ0n) is 16.3. The number of hydrogen-bond acceptors (Lipinski definition) is 5. The third-order valence-electron chi connectivity index (χ3n) is 5.34. The molecule has 1 fully saturated rings. The normalized spacial score (nSPS) is 14.5. The number of hydrogen-bond donors (Lipinski definition) is 2. The molecular weight excluding hydrogens is 395 g/mol. The van der Waals surface area contributed by atoms with E-state index in [0.717, 1.165) is 38.2 Å². The lowest BCUT2D eigenvalue weighted by molar-refractivity contribution is 0.337. The average Bonchev–Trinajstić information content (AvgIpc) is 3.23. The van der Waals surface area contributed by atoms with E-state index in [1.165, 1.54) is 25.0 Å². The second-order valence-electron chi connectivity index (χ2n) is 7.46. The first-order chi connectivity index (χ1) is 14.4. The van der Waals surface area contributed by atoms with Gasteiger partial charge in [-0.3, -0.25) is 4.79 Å². The molecule has 0 atom stereocenters. The Morgan fingerprint density at radius 1 is 1.03 bits per heavy atom. The molecule has 3 N–H and O–H groups in total. The smallest absolute Gasteiger partial charge is 0.195 e. The van der Waals surface area contributed by atoms with Crippen LogP contribution in [0.1, 0.15) is 19.3 Å². The minimum atomic E-state index is -1.00. The molecule has 3 aromatic rings. The lowest BCUT2D eigenvalue weighted by atomic mass is 10.1. The van der Waals surface area contributed by atoms with E-state index in [9.17, 15) is 18.0 Å². The van der Waals surface area contributed by atoms with Crippen molar-refractivity contribution in [2.45, 2.75) is 19.3 Å². The van der Waals surface area contributed by atoms with Crippen LogP contribution >= 0.6 is 0 Å². The van der Waals surface area contributed by atoms with Crippen LogP contribution in [0.5, 0.6) is 0 Å². The SMILES string of the molecule is Nc1ccc(-c2cc(=O)c3c(NCCCN4CCCC4)c(F)cc(F)c3o2)cc1F. The van der Waals surface area contributed by atoms with Crippen molar-refractivity contribution in [2.75, 3.05) is 37.2 Å². The molecular formula is C22H22F3N3O2. The number of nitrogens with zero attached hydrogens (tertiary/aromatic N) is 1. The van der Waals surface area contributed by atoms with E-state index in [0.29, 0.717) is 12.6 Å². The lowest BCUT2D eigenvalue weighted by Gasteiger charge is -2.15. The molecule has 1 aliphatic rings. The Kier molecular flexibility index (Phi) is 5.67. The molecule has 1 aliphatic heterocycles. The van der Waals surface area contributed by atoms with Gasteiger partial charge in [0, 0.05) is 24.2 Å². The Balaban J connectivity index is 1.65. The second kappa shape index (κ2) is 8.39.